The number of anilines is 1. The van der Waals surface area contributed by atoms with E-state index in [0.717, 1.165) is 8.28 Å². The highest BCUT2D eigenvalue weighted by Crippen LogP contribution is 2.36. The summed E-state index contributed by atoms with van der Waals surface area (Å²) in [6, 6.07) is 2.59. The summed E-state index contributed by atoms with van der Waals surface area (Å²) in [5.74, 6) is -2.72. The molecule has 0 unspecified atom stereocenters. The molecule has 1 aromatic carbocycles. The molecule has 2 aromatic rings. The zero-order valence-corrected chi connectivity index (χ0v) is 14.6. The van der Waals surface area contributed by atoms with Crippen molar-refractivity contribution < 1.29 is 17.2 Å². The highest BCUT2D eigenvalue weighted by Gasteiger charge is 2.25. The number of halogens is 3. The normalized spacial score (nSPS) is 12.5. The van der Waals surface area contributed by atoms with Gasteiger partial charge in [0.15, 0.2) is 0 Å². The van der Waals surface area contributed by atoms with Gasteiger partial charge in [0.1, 0.15) is 0 Å². The van der Waals surface area contributed by atoms with Crippen LogP contribution in [-0.2, 0) is 10.2 Å². The van der Waals surface area contributed by atoms with E-state index in [-0.39, 0.29) is 38.7 Å². The minimum absolute atomic E-state index is 0.0126. The molecule has 122 valence electrons. The molecule has 0 atom stereocenters. The Bertz CT molecular complexity index is 810. The molecule has 0 fully saturated rings. The number of hydrogen-bond donors (Lipinski definition) is 2. The molecule has 6 nitrogen and oxygen atoms in total. The number of nitrogens with one attached hydrogen (secondary N) is 1. The predicted molar refractivity (Wildman–Crippen MR) is 87.2 cm³/mol. The number of benzene rings is 1. The Morgan fingerprint density at radius 1 is 1.45 bits per heavy atom. The van der Waals surface area contributed by atoms with Crippen molar-refractivity contribution in [2.45, 2.75) is 10.7 Å². The minimum atomic E-state index is -3.89. The van der Waals surface area contributed by atoms with Crippen molar-refractivity contribution in [3.63, 3.8) is 0 Å². The van der Waals surface area contributed by atoms with Crippen LogP contribution in [-0.4, -0.2) is 41.5 Å². The summed E-state index contributed by atoms with van der Waals surface area (Å²) < 4.78 is 54.0. The van der Waals surface area contributed by atoms with Crippen molar-refractivity contribution in [1.29, 1.82) is 0 Å². The summed E-state index contributed by atoms with van der Waals surface area (Å²) in [6.07, 6.45) is 0. The lowest BCUT2D eigenvalue weighted by Crippen LogP contribution is -2.29. The number of hydrogen-bond acceptors (Lipinski definition) is 6. The largest absolute Gasteiger partial charge is 0.310 e. The second kappa shape index (κ2) is 6.40. The van der Waals surface area contributed by atoms with Gasteiger partial charge < -0.3 is 4.72 Å². The number of alkyl halides is 2. The summed E-state index contributed by atoms with van der Waals surface area (Å²) in [5, 5.41) is 0.0126. The number of aromatic nitrogens is 2. The first-order chi connectivity index (χ1) is 10.2. The molecule has 0 radical (unpaired) electrons. The molecule has 0 amide bonds. The Labute approximate surface area is 140 Å². The molecule has 1 N–H and O–H groups in total. The predicted octanol–water partition coefficient (Wildman–Crippen LogP) is 2.92. The summed E-state index contributed by atoms with van der Waals surface area (Å²) in [5.41, 5.74) is 0.364. The van der Waals surface area contributed by atoms with Crippen molar-refractivity contribution in [3.05, 3.63) is 17.2 Å². The van der Waals surface area contributed by atoms with E-state index in [0.29, 0.717) is 0 Å². The molecule has 0 aliphatic rings. The highest BCUT2D eigenvalue weighted by molar-refractivity contribution is 7.99. The first kappa shape index (κ1) is 17.6. The maximum absolute atomic E-state index is 12.5. The maximum Gasteiger partial charge on any atom is 0.310 e. The number of thiol groups is 1. The quantitative estimate of drug-likeness (QED) is 0.609. The number of nitrogens with zero attached hydrogens (tertiary/aromatic N) is 3. The van der Waals surface area contributed by atoms with E-state index in [1.807, 2.05) is 0 Å². The van der Waals surface area contributed by atoms with Crippen LogP contribution in [0.5, 0.6) is 0 Å². The van der Waals surface area contributed by atoms with Gasteiger partial charge in [-0.15, -0.1) is 0 Å². The molecule has 0 saturated heterocycles. The van der Waals surface area contributed by atoms with Crippen LogP contribution >= 0.6 is 36.2 Å². The average Bonchev–Trinajstić information content (AvgIpc) is 2.76. The van der Waals surface area contributed by atoms with Gasteiger partial charge in [0.05, 0.1) is 16.1 Å². The van der Waals surface area contributed by atoms with Gasteiger partial charge in [-0.2, -0.15) is 25.5 Å². The monoisotopic (exact) mass is 388 g/mol. The third-order valence-electron chi connectivity index (χ3n) is 2.67. The van der Waals surface area contributed by atoms with E-state index >= 15 is 0 Å². The fourth-order valence-electron chi connectivity index (χ4n) is 1.71. The van der Waals surface area contributed by atoms with Gasteiger partial charge in [-0.25, -0.2) is 4.98 Å². The van der Waals surface area contributed by atoms with Crippen molar-refractivity contribution in [1.82, 2.24) is 13.3 Å². The second-order valence-electron chi connectivity index (χ2n) is 4.25. The third kappa shape index (κ3) is 3.13. The number of rotatable bonds is 5. The van der Waals surface area contributed by atoms with Crippen LogP contribution in [0.4, 0.5) is 14.7 Å². The van der Waals surface area contributed by atoms with Crippen LogP contribution in [0, 0.1) is 0 Å². The summed E-state index contributed by atoms with van der Waals surface area (Å²) in [7, 11) is -1.19. The number of fused-ring (bicyclic) bond motifs is 1. The lowest BCUT2D eigenvalue weighted by molar-refractivity contribution is 0.252. The smallest absolute Gasteiger partial charge is 0.301 e. The summed E-state index contributed by atoms with van der Waals surface area (Å²) >= 11 is 10.0. The van der Waals surface area contributed by atoms with Gasteiger partial charge in [-0.05, 0) is 12.1 Å². The van der Waals surface area contributed by atoms with Crippen LogP contribution < -0.4 is 4.72 Å². The van der Waals surface area contributed by atoms with E-state index in [4.69, 9.17) is 11.6 Å². The lowest BCUT2D eigenvalue weighted by Gasteiger charge is -2.14. The molecular formula is C10H11ClF2N4O2S3. The number of imidazole rings is 1. The first-order valence-corrected chi connectivity index (χ1v) is 8.78. The van der Waals surface area contributed by atoms with Crippen LogP contribution in [0.25, 0.3) is 11.0 Å². The Balaban J connectivity index is 2.75. The van der Waals surface area contributed by atoms with E-state index in [2.05, 4.69) is 22.5 Å². The van der Waals surface area contributed by atoms with Crippen LogP contribution in [0.3, 0.4) is 0 Å². The van der Waals surface area contributed by atoms with Crippen molar-refractivity contribution >= 4 is 63.4 Å². The van der Waals surface area contributed by atoms with E-state index in [1.54, 1.807) is 0 Å². The van der Waals surface area contributed by atoms with E-state index in [1.165, 1.54) is 26.2 Å². The molecule has 0 aliphatic heterocycles. The molecule has 0 spiro atoms. The van der Waals surface area contributed by atoms with Crippen LogP contribution in [0.15, 0.2) is 17.0 Å². The van der Waals surface area contributed by atoms with Gasteiger partial charge in [0, 0.05) is 19.0 Å². The Morgan fingerprint density at radius 3 is 2.59 bits per heavy atom. The third-order valence-corrected chi connectivity index (χ3v) is 5.82. The maximum atomic E-state index is 12.5. The SMILES string of the molecule is CN(C)S(=O)(=O)n1c(NS)nc2cc(SC(F)F)c(Cl)cc21. The van der Waals surface area contributed by atoms with Crippen LogP contribution in [0.2, 0.25) is 5.02 Å². The summed E-state index contributed by atoms with van der Waals surface area (Å²) in [6.45, 7) is 0. The standard InChI is InChI=1S/C10H11ClF2N4O2S3/c1-16(2)22(18,19)17-7-3-5(11)8(21-9(12)13)4-6(7)14-10(17)15-20/h3-4,9,20H,1-2H3,(H,14,15). The highest BCUT2D eigenvalue weighted by atomic mass is 35.5. The van der Waals surface area contributed by atoms with Crippen molar-refractivity contribution in [2.24, 2.45) is 0 Å². The lowest BCUT2D eigenvalue weighted by atomic mass is 10.3. The van der Waals surface area contributed by atoms with Gasteiger partial charge in [0.25, 0.3) is 5.76 Å². The molecule has 12 heteroatoms. The zero-order valence-electron chi connectivity index (χ0n) is 11.3. The van der Waals surface area contributed by atoms with E-state index in [9.17, 15) is 17.2 Å². The first-order valence-electron chi connectivity index (χ1n) is 5.68. The van der Waals surface area contributed by atoms with Crippen molar-refractivity contribution in [3.8, 4) is 0 Å². The summed E-state index contributed by atoms with van der Waals surface area (Å²) in [4.78, 5) is 4.15. The van der Waals surface area contributed by atoms with Gasteiger partial charge >= 0.3 is 10.2 Å². The van der Waals surface area contributed by atoms with Crippen molar-refractivity contribution in [2.75, 3.05) is 18.8 Å². The fraction of sp³-hybridized carbons (Fsp3) is 0.300. The fourth-order valence-corrected chi connectivity index (χ4v) is 3.79. The molecule has 1 heterocycles. The average molecular weight is 389 g/mol. The Morgan fingerprint density at radius 2 is 2.09 bits per heavy atom. The zero-order chi connectivity index (χ0) is 16.7. The molecule has 0 aliphatic carbocycles. The molecule has 0 bridgehead atoms. The van der Waals surface area contributed by atoms with Gasteiger partial charge in [-0.3, -0.25) is 0 Å². The van der Waals surface area contributed by atoms with Gasteiger partial charge in [-0.1, -0.05) is 36.2 Å². The minimum Gasteiger partial charge on any atom is -0.301 e. The Kier molecular flexibility index (Phi) is 5.12. The number of thioether (sulfide) groups is 1. The second-order valence-corrected chi connectivity index (χ2v) is 7.91. The molecule has 0 saturated carbocycles. The molecular weight excluding hydrogens is 378 g/mol. The Hall–Kier alpha value is -0.750. The molecule has 1 aromatic heterocycles. The van der Waals surface area contributed by atoms with E-state index < -0.39 is 16.0 Å². The van der Waals surface area contributed by atoms with Gasteiger partial charge in [0.2, 0.25) is 5.95 Å². The topological polar surface area (TPSA) is 67.2 Å². The molecule has 22 heavy (non-hydrogen) atoms. The molecule has 2 rings (SSSR count). The van der Waals surface area contributed by atoms with Crippen LogP contribution in [0.1, 0.15) is 0 Å².